The fourth-order valence-corrected chi connectivity index (χ4v) is 2.86. The Kier molecular flexibility index (Phi) is 5.44. The number of aromatic nitrogens is 2. The van der Waals surface area contributed by atoms with Crippen LogP contribution in [0.4, 0.5) is 0 Å². The summed E-state index contributed by atoms with van der Waals surface area (Å²) in [7, 11) is 0. The van der Waals surface area contributed by atoms with E-state index in [1.54, 1.807) is 9.80 Å². The van der Waals surface area contributed by atoms with Crippen molar-refractivity contribution in [3.05, 3.63) is 59.2 Å². The highest BCUT2D eigenvalue weighted by Crippen LogP contribution is 2.10. The van der Waals surface area contributed by atoms with Crippen LogP contribution in [-0.2, 0) is 11.2 Å². The van der Waals surface area contributed by atoms with Crippen LogP contribution < -0.4 is 0 Å². The molecule has 2 aromatic rings. The average Bonchev–Trinajstić information content (AvgIpc) is 2.69. The molecule has 8 heteroatoms. The lowest BCUT2D eigenvalue weighted by Gasteiger charge is -2.34. The van der Waals surface area contributed by atoms with Crippen molar-refractivity contribution >= 4 is 17.8 Å². The SMILES string of the molecule is Cc1ccc(CC(=O)N2CCN(C(=O)c3cnc(C(=O)O)cn3)CC2)cc1. The highest BCUT2D eigenvalue weighted by atomic mass is 16.4. The topological polar surface area (TPSA) is 104 Å². The van der Waals surface area contributed by atoms with E-state index in [9.17, 15) is 14.4 Å². The first kappa shape index (κ1) is 18.5. The van der Waals surface area contributed by atoms with Crippen LogP contribution in [0.25, 0.3) is 0 Å². The monoisotopic (exact) mass is 368 g/mol. The number of carboxylic acid groups (broad SMARTS) is 1. The summed E-state index contributed by atoms with van der Waals surface area (Å²) in [4.78, 5) is 46.6. The second kappa shape index (κ2) is 7.94. The summed E-state index contributed by atoms with van der Waals surface area (Å²) in [6.45, 7) is 3.72. The largest absolute Gasteiger partial charge is 0.476 e. The van der Waals surface area contributed by atoms with Gasteiger partial charge in [0, 0.05) is 26.2 Å². The number of hydrogen-bond donors (Lipinski definition) is 1. The Hall–Kier alpha value is -3.29. The highest BCUT2D eigenvalue weighted by molar-refractivity contribution is 5.93. The number of nitrogens with zero attached hydrogens (tertiary/aromatic N) is 4. The van der Waals surface area contributed by atoms with E-state index in [0.29, 0.717) is 32.6 Å². The van der Waals surface area contributed by atoms with Crippen molar-refractivity contribution in [3.8, 4) is 0 Å². The van der Waals surface area contributed by atoms with E-state index >= 15 is 0 Å². The Morgan fingerprint density at radius 2 is 1.48 bits per heavy atom. The van der Waals surface area contributed by atoms with Crippen LogP contribution in [0.2, 0.25) is 0 Å². The molecular formula is C19H20N4O4. The highest BCUT2D eigenvalue weighted by Gasteiger charge is 2.25. The average molecular weight is 368 g/mol. The predicted octanol–water partition coefficient (Wildman–Crippen LogP) is 1.01. The molecule has 0 spiro atoms. The Morgan fingerprint density at radius 3 is 2.04 bits per heavy atom. The zero-order chi connectivity index (χ0) is 19.4. The van der Waals surface area contributed by atoms with Crippen LogP contribution >= 0.6 is 0 Å². The summed E-state index contributed by atoms with van der Waals surface area (Å²) >= 11 is 0. The van der Waals surface area contributed by atoms with Crippen molar-refractivity contribution in [2.45, 2.75) is 13.3 Å². The van der Waals surface area contributed by atoms with E-state index in [1.165, 1.54) is 6.20 Å². The number of carboxylic acids is 1. The van der Waals surface area contributed by atoms with Gasteiger partial charge in [-0.25, -0.2) is 14.8 Å². The molecular weight excluding hydrogens is 348 g/mol. The Labute approximate surface area is 156 Å². The van der Waals surface area contributed by atoms with Crippen molar-refractivity contribution in [2.24, 2.45) is 0 Å². The summed E-state index contributed by atoms with van der Waals surface area (Å²) in [6.07, 6.45) is 2.58. The van der Waals surface area contributed by atoms with Crippen molar-refractivity contribution in [2.75, 3.05) is 26.2 Å². The van der Waals surface area contributed by atoms with Gasteiger partial charge in [0.15, 0.2) is 5.69 Å². The van der Waals surface area contributed by atoms with Crippen LogP contribution in [0.3, 0.4) is 0 Å². The molecule has 1 aromatic carbocycles. The summed E-state index contributed by atoms with van der Waals surface area (Å²) in [5.74, 6) is -1.47. The first-order valence-electron chi connectivity index (χ1n) is 8.62. The molecule has 1 aliphatic rings. The molecule has 1 aromatic heterocycles. The molecule has 3 rings (SSSR count). The molecule has 1 N–H and O–H groups in total. The van der Waals surface area contributed by atoms with E-state index in [1.807, 2.05) is 31.2 Å². The first-order chi connectivity index (χ1) is 12.9. The summed E-state index contributed by atoms with van der Waals surface area (Å²) in [6, 6.07) is 7.87. The molecule has 0 unspecified atom stereocenters. The third kappa shape index (κ3) is 4.46. The number of carbonyl (C=O) groups excluding carboxylic acids is 2. The van der Waals surface area contributed by atoms with Crippen molar-refractivity contribution in [3.63, 3.8) is 0 Å². The fraction of sp³-hybridized carbons (Fsp3) is 0.316. The summed E-state index contributed by atoms with van der Waals surface area (Å²) < 4.78 is 0. The van der Waals surface area contributed by atoms with Gasteiger partial charge in [0.2, 0.25) is 5.91 Å². The normalized spacial score (nSPS) is 14.1. The van der Waals surface area contributed by atoms with Gasteiger partial charge in [-0.1, -0.05) is 29.8 Å². The maximum atomic E-state index is 12.5. The third-order valence-electron chi connectivity index (χ3n) is 4.49. The number of hydrogen-bond acceptors (Lipinski definition) is 5. The molecule has 0 atom stereocenters. The minimum atomic E-state index is -1.19. The van der Waals surface area contributed by atoms with Gasteiger partial charge >= 0.3 is 5.97 Å². The number of benzene rings is 1. The van der Waals surface area contributed by atoms with Gasteiger partial charge in [0.05, 0.1) is 18.8 Å². The standard InChI is InChI=1S/C19H20N4O4/c1-13-2-4-14(5-3-13)10-17(24)22-6-8-23(9-7-22)18(25)15-11-21-16(12-20-15)19(26)27/h2-5,11-12H,6-10H2,1H3,(H,26,27). The van der Waals surface area contributed by atoms with Crippen LogP contribution in [0, 0.1) is 6.92 Å². The van der Waals surface area contributed by atoms with Gasteiger partial charge in [0.1, 0.15) is 5.69 Å². The van der Waals surface area contributed by atoms with E-state index in [2.05, 4.69) is 9.97 Å². The quantitative estimate of drug-likeness (QED) is 0.864. The first-order valence-corrected chi connectivity index (χ1v) is 8.62. The molecule has 0 radical (unpaired) electrons. The number of piperazine rings is 1. The minimum Gasteiger partial charge on any atom is -0.476 e. The summed E-state index contributed by atoms with van der Waals surface area (Å²) in [5.41, 5.74) is 2.01. The predicted molar refractivity (Wildman–Crippen MR) is 96.4 cm³/mol. The van der Waals surface area contributed by atoms with Gasteiger partial charge in [-0.2, -0.15) is 0 Å². The Bertz CT molecular complexity index is 841. The zero-order valence-corrected chi connectivity index (χ0v) is 15.0. The lowest BCUT2D eigenvalue weighted by molar-refractivity contribution is -0.131. The van der Waals surface area contributed by atoms with Gasteiger partial charge in [0.25, 0.3) is 5.91 Å². The van der Waals surface area contributed by atoms with Gasteiger partial charge in [-0.3, -0.25) is 9.59 Å². The summed E-state index contributed by atoms with van der Waals surface area (Å²) in [5, 5.41) is 8.83. The number of aryl methyl sites for hydroxylation is 1. The molecule has 1 saturated heterocycles. The molecule has 0 aliphatic carbocycles. The van der Waals surface area contributed by atoms with Crippen LogP contribution in [0.1, 0.15) is 32.1 Å². The molecule has 8 nitrogen and oxygen atoms in total. The second-order valence-corrected chi connectivity index (χ2v) is 6.43. The molecule has 1 aliphatic heterocycles. The van der Waals surface area contributed by atoms with Gasteiger partial charge in [-0.05, 0) is 12.5 Å². The minimum absolute atomic E-state index is 0.0385. The maximum Gasteiger partial charge on any atom is 0.356 e. The zero-order valence-electron chi connectivity index (χ0n) is 15.0. The lowest BCUT2D eigenvalue weighted by Crippen LogP contribution is -2.51. The fourth-order valence-electron chi connectivity index (χ4n) is 2.86. The lowest BCUT2D eigenvalue weighted by atomic mass is 10.1. The Morgan fingerprint density at radius 1 is 0.926 bits per heavy atom. The number of carbonyl (C=O) groups is 3. The van der Waals surface area contributed by atoms with E-state index in [0.717, 1.165) is 17.3 Å². The molecule has 1 fully saturated rings. The maximum absolute atomic E-state index is 12.5. The molecule has 0 saturated carbocycles. The van der Waals surface area contributed by atoms with Crippen LogP contribution in [-0.4, -0.2) is 68.8 Å². The number of rotatable bonds is 4. The van der Waals surface area contributed by atoms with Crippen molar-refractivity contribution < 1.29 is 19.5 Å². The van der Waals surface area contributed by atoms with Gasteiger partial charge in [-0.15, -0.1) is 0 Å². The second-order valence-electron chi connectivity index (χ2n) is 6.43. The van der Waals surface area contributed by atoms with E-state index in [4.69, 9.17) is 5.11 Å². The van der Waals surface area contributed by atoms with Crippen molar-refractivity contribution in [1.82, 2.24) is 19.8 Å². The molecule has 2 amide bonds. The number of amides is 2. The molecule has 2 heterocycles. The molecule has 0 bridgehead atoms. The van der Waals surface area contributed by atoms with Gasteiger partial charge < -0.3 is 14.9 Å². The van der Waals surface area contributed by atoms with Crippen LogP contribution in [0.5, 0.6) is 0 Å². The Balaban J connectivity index is 1.54. The number of aromatic carboxylic acids is 1. The molecule has 27 heavy (non-hydrogen) atoms. The van der Waals surface area contributed by atoms with Crippen molar-refractivity contribution in [1.29, 1.82) is 0 Å². The smallest absolute Gasteiger partial charge is 0.356 e. The third-order valence-corrected chi connectivity index (χ3v) is 4.49. The van der Waals surface area contributed by atoms with E-state index < -0.39 is 5.97 Å². The van der Waals surface area contributed by atoms with E-state index in [-0.39, 0.29) is 23.2 Å². The molecule has 140 valence electrons. The van der Waals surface area contributed by atoms with Crippen LogP contribution in [0.15, 0.2) is 36.7 Å².